The topological polar surface area (TPSA) is 71.3 Å². The van der Waals surface area contributed by atoms with Crippen LogP contribution in [0.1, 0.15) is 19.5 Å². The molecule has 0 saturated carbocycles. The fourth-order valence-electron chi connectivity index (χ4n) is 2.25. The number of anilines is 1. The molecule has 1 fully saturated rings. The number of pyridine rings is 1. The lowest BCUT2D eigenvalue weighted by molar-refractivity contribution is -0.385. The van der Waals surface area contributed by atoms with Crippen molar-refractivity contribution in [2.75, 3.05) is 24.5 Å². The van der Waals surface area contributed by atoms with E-state index in [4.69, 9.17) is 0 Å². The van der Waals surface area contributed by atoms with Crippen LogP contribution in [0, 0.1) is 17.0 Å². The van der Waals surface area contributed by atoms with Crippen molar-refractivity contribution in [1.29, 1.82) is 0 Å². The van der Waals surface area contributed by atoms with Crippen LogP contribution in [0.2, 0.25) is 0 Å². The van der Waals surface area contributed by atoms with E-state index in [2.05, 4.69) is 29.0 Å². The third-order valence-electron chi connectivity index (χ3n) is 3.14. The summed E-state index contributed by atoms with van der Waals surface area (Å²) in [6.07, 6.45) is 0. The molecule has 0 radical (unpaired) electrons. The first-order chi connectivity index (χ1) is 8.39. The van der Waals surface area contributed by atoms with Crippen molar-refractivity contribution >= 4 is 11.5 Å². The van der Waals surface area contributed by atoms with Crippen LogP contribution in [-0.2, 0) is 0 Å². The summed E-state index contributed by atoms with van der Waals surface area (Å²) in [7, 11) is 0. The summed E-state index contributed by atoms with van der Waals surface area (Å²) in [6, 6.07) is 3.26. The summed E-state index contributed by atoms with van der Waals surface area (Å²) in [5.41, 5.74) is 0.581. The molecule has 6 heteroatoms. The van der Waals surface area contributed by atoms with Crippen LogP contribution in [-0.4, -0.2) is 35.1 Å². The Morgan fingerprint density at radius 1 is 1.50 bits per heavy atom. The summed E-state index contributed by atoms with van der Waals surface area (Å²) in [5, 5.41) is 14.2. The van der Waals surface area contributed by atoms with Gasteiger partial charge in [0.05, 0.1) is 4.92 Å². The van der Waals surface area contributed by atoms with Gasteiger partial charge in [-0.1, -0.05) is 0 Å². The smallest absolute Gasteiger partial charge is 0.290 e. The molecule has 2 rings (SSSR count). The Hall–Kier alpha value is -1.69. The van der Waals surface area contributed by atoms with Crippen LogP contribution in [0.5, 0.6) is 0 Å². The van der Waals surface area contributed by atoms with Gasteiger partial charge in [-0.25, -0.2) is 4.98 Å². The number of aryl methyl sites for hydroxylation is 1. The van der Waals surface area contributed by atoms with Crippen LogP contribution in [0.4, 0.5) is 11.5 Å². The van der Waals surface area contributed by atoms with Crippen LogP contribution < -0.4 is 10.2 Å². The van der Waals surface area contributed by atoms with E-state index in [-0.39, 0.29) is 11.2 Å². The Labute approximate surface area is 106 Å². The van der Waals surface area contributed by atoms with Crippen LogP contribution in [0.15, 0.2) is 12.1 Å². The first-order valence-corrected chi connectivity index (χ1v) is 6.01. The number of hydrogen-bond acceptors (Lipinski definition) is 5. The maximum atomic E-state index is 10.8. The number of nitrogens with one attached hydrogen (secondary N) is 1. The highest BCUT2D eigenvalue weighted by Crippen LogP contribution is 2.22. The van der Waals surface area contributed by atoms with E-state index in [9.17, 15) is 10.1 Å². The van der Waals surface area contributed by atoms with Gasteiger partial charge in [-0.15, -0.1) is 0 Å². The number of nitrogens with zero attached hydrogens (tertiary/aromatic N) is 3. The molecule has 1 aromatic heterocycles. The summed E-state index contributed by atoms with van der Waals surface area (Å²) in [5.74, 6) is 0.813. The molecule has 1 saturated heterocycles. The van der Waals surface area contributed by atoms with Crippen LogP contribution in [0.3, 0.4) is 0 Å². The molecule has 1 aromatic rings. The number of nitro groups is 1. The first kappa shape index (κ1) is 12.8. The van der Waals surface area contributed by atoms with E-state index >= 15 is 0 Å². The van der Waals surface area contributed by atoms with Crippen molar-refractivity contribution in [2.24, 2.45) is 0 Å². The monoisotopic (exact) mass is 250 g/mol. The van der Waals surface area contributed by atoms with E-state index < -0.39 is 4.92 Å². The van der Waals surface area contributed by atoms with Crippen molar-refractivity contribution in [3.8, 4) is 0 Å². The third kappa shape index (κ3) is 2.59. The van der Waals surface area contributed by atoms with Crippen molar-refractivity contribution in [3.63, 3.8) is 0 Å². The quantitative estimate of drug-likeness (QED) is 0.636. The number of aromatic nitrogens is 1. The van der Waals surface area contributed by atoms with E-state index in [1.807, 2.05) is 0 Å². The lowest BCUT2D eigenvalue weighted by Crippen LogP contribution is -2.57. The Bertz CT molecular complexity index is 473. The molecule has 0 amide bonds. The summed E-state index contributed by atoms with van der Waals surface area (Å²) >= 11 is 0. The van der Waals surface area contributed by atoms with E-state index in [1.54, 1.807) is 13.0 Å². The van der Waals surface area contributed by atoms with Gasteiger partial charge in [0.2, 0.25) is 0 Å². The highest BCUT2D eigenvalue weighted by atomic mass is 16.6. The summed E-state index contributed by atoms with van der Waals surface area (Å²) < 4.78 is 0. The molecule has 1 N–H and O–H groups in total. The highest BCUT2D eigenvalue weighted by Gasteiger charge is 2.27. The molecule has 0 bridgehead atoms. The van der Waals surface area contributed by atoms with Gasteiger partial charge >= 0.3 is 0 Å². The lowest BCUT2D eigenvalue weighted by atomic mass is 10.0. The minimum atomic E-state index is -0.395. The fraction of sp³-hybridized carbons (Fsp3) is 0.583. The maximum absolute atomic E-state index is 10.8. The van der Waals surface area contributed by atoms with Crippen molar-refractivity contribution in [3.05, 3.63) is 27.9 Å². The molecular weight excluding hydrogens is 232 g/mol. The zero-order valence-electron chi connectivity index (χ0n) is 10.9. The average Bonchev–Trinajstić information content (AvgIpc) is 2.27. The minimum absolute atomic E-state index is 0.0373. The molecule has 1 aliphatic heterocycles. The maximum Gasteiger partial charge on any atom is 0.290 e. The SMILES string of the molecule is Cc1nc(N2CCNC(C)(C)C2)ccc1[N+](=O)[O-]. The van der Waals surface area contributed by atoms with Gasteiger partial charge in [0.15, 0.2) is 0 Å². The second kappa shape index (κ2) is 4.53. The molecule has 0 aromatic carbocycles. The lowest BCUT2D eigenvalue weighted by Gasteiger charge is -2.39. The van der Waals surface area contributed by atoms with Gasteiger partial charge in [0.25, 0.3) is 5.69 Å². The van der Waals surface area contributed by atoms with Gasteiger partial charge in [-0.2, -0.15) is 0 Å². The highest BCUT2D eigenvalue weighted by molar-refractivity contribution is 5.47. The molecular formula is C12H18N4O2. The Morgan fingerprint density at radius 2 is 2.22 bits per heavy atom. The Kier molecular flexibility index (Phi) is 3.21. The molecule has 0 spiro atoms. The van der Waals surface area contributed by atoms with Crippen molar-refractivity contribution in [2.45, 2.75) is 26.3 Å². The molecule has 1 aliphatic rings. The van der Waals surface area contributed by atoms with Gasteiger partial charge in [-0.3, -0.25) is 10.1 Å². The standard InChI is InChI=1S/C12H18N4O2/c1-9-10(16(17)18)4-5-11(14-9)15-7-6-13-12(2,3)8-15/h4-5,13H,6-8H2,1-3H3. The fourth-order valence-corrected chi connectivity index (χ4v) is 2.25. The second-order valence-corrected chi connectivity index (χ2v) is 5.26. The molecule has 0 atom stereocenters. The number of hydrogen-bond donors (Lipinski definition) is 1. The molecule has 0 unspecified atom stereocenters. The Balaban J connectivity index is 2.24. The zero-order chi connectivity index (χ0) is 13.3. The largest absolute Gasteiger partial charge is 0.354 e. The third-order valence-corrected chi connectivity index (χ3v) is 3.14. The van der Waals surface area contributed by atoms with E-state index in [1.165, 1.54) is 6.07 Å². The van der Waals surface area contributed by atoms with Crippen LogP contribution in [0.25, 0.3) is 0 Å². The van der Waals surface area contributed by atoms with E-state index in [0.29, 0.717) is 5.69 Å². The van der Waals surface area contributed by atoms with Gasteiger partial charge in [-0.05, 0) is 26.8 Å². The summed E-state index contributed by atoms with van der Waals surface area (Å²) in [4.78, 5) is 16.9. The zero-order valence-corrected chi connectivity index (χ0v) is 10.9. The molecule has 18 heavy (non-hydrogen) atoms. The van der Waals surface area contributed by atoms with Gasteiger partial charge in [0, 0.05) is 31.2 Å². The molecule has 0 aliphatic carbocycles. The van der Waals surface area contributed by atoms with Crippen LogP contribution >= 0.6 is 0 Å². The van der Waals surface area contributed by atoms with Gasteiger partial charge in [0.1, 0.15) is 11.5 Å². The second-order valence-electron chi connectivity index (χ2n) is 5.26. The molecule has 98 valence electrons. The van der Waals surface area contributed by atoms with Gasteiger partial charge < -0.3 is 10.2 Å². The van der Waals surface area contributed by atoms with Crippen molar-refractivity contribution < 1.29 is 4.92 Å². The minimum Gasteiger partial charge on any atom is -0.354 e. The Morgan fingerprint density at radius 3 is 2.78 bits per heavy atom. The molecule has 6 nitrogen and oxygen atoms in total. The first-order valence-electron chi connectivity index (χ1n) is 6.01. The van der Waals surface area contributed by atoms with E-state index in [0.717, 1.165) is 25.5 Å². The summed E-state index contributed by atoms with van der Waals surface area (Å²) in [6.45, 7) is 8.55. The number of rotatable bonds is 2. The van der Waals surface area contributed by atoms with Crippen molar-refractivity contribution in [1.82, 2.24) is 10.3 Å². The predicted molar refractivity (Wildman–Crippen MR) is 69.9 cm³/mol. The average molecular weight is 250 g/mol. The normalized spacial score (nSPS) is 18.7. The molecule has 2 heterocycles. The predicted octanol–water partition coefficient (Wildman–Crippen LogP) is 1.49. The number of piperazine rings is 1.